The molecular weight excluding hydrogens is 126 g/mol. The maximum Gasteiger partial charge on any atom is 0.221 e. The number of nitrogens with one attached hydrogen (secondary N) is 1. The molecule has 0 aromatic carbocycles. The predicted molar refractivity (Wildman–Crippen MR) is 37.3 cm³/mol. The molecule has 0 fully saturated rings. The van der Waals surface area contributed by atoms with Crippen molar-refractivity contribution in [3.63, 3.8) is 0 Å². The van der Waals surface area contributed by atoms with Gasteiger partial charge in [-0.1, -0.05) is 0 Å². The zero-order valence-corrected chi connectivity index (χ0v) is 5.70. The van der Waals surface area contributed by atoms with Crippen molar-refractivity contribution in [3.05, 3.63) is 24.5 Å². The topological polar surface area (TPSA) is 32.6 Å². The zero-order valence-electron chi connectivity index (χ0n) is 5.70. The van der Waals surface area contributed by atoms with Crippen LogP contribution in [-0.4, -0.2) is 10.1 Å². The molecule has 0 aliphatic rings. The van der Waals surface area contributed by atoms with Crippen LogP contribution in [0.1, 0.15) is 0 Å². The van der Waals surface area contributed by atoms with E-state index in [1.54, 1.807) is 6.20 Å². The second-order valence-electron chi connectivity index (χ2n) is 2.29. The van der Waals surface area contributed by atoms with Crippen molar-refractivity contribution in [1.29, 1.82) is 0 Å². The fourth-order valence-electron chi connectivity index (χ4n) is 1.02. The van der Waals surface area contributed by atoms with E-state index in [-0.39, 0.29) is 0 Å². The van der Waals surface area contributed by atoms with Crippen molar-refractivity contribution in [3.8, 4) is 0 Å². The third-order valence-corrected chi connectivity index (χ3v) is 1.45. The van der Waals surface area contributed by atoms with Crippen molar-refractivity contribution >= 4 is 11.0 Å². The number of pyridine rings is 1. The Kier molecular flexibility index (Phi) is 0.974. The van der Waals surface area contributed by atoms with Crippen LogP contribution in [0.4, 0.5) is 0 Å². The van der Waals surface area contributed by atoms with E-state index in [2.05, 4.69) is 10.1 Å². The summed E-state index contributed by atoms with van der Waals surface area (Å²) < 4.78 is 1.89. The highest BCUT2D eigenvalue weighted by Crippen LogP contribution is 2.01. The summed E-state index contributed by atoms with van der Waals surface area (Å²) in [5.74, 6) is 0. The van der Waals surface area contributed by atoms with Gasteiger partial charge in [0.25, 0.3) is 0 Å². The van der Waals surface area contributed by atoms with Crippen LogP contribution in [-0.2, 0) is 7.05 Å². The van der Waals surface area contributed by atoms with Gasteiger partial charge in [0.05, 0.1) is 0 Å². The molecule has 0 aliphatic carbocycles. The maximum atomic E-state index is 4.15. The van der Waals surface area contributed by atoms with Gasteiger partial charge >= 0.3 is 0 Å². The maximum absolute atomic E-state index is 4.15. The Morgan fingerprint density at radius 1 is 1.60 bits per heavy atom. The molecular formula is C7H8N3+. The number of aromatic amines is 1. The van der Waals surface area contributed by atoms with Crippen LogP contribution in [0.3, 0.4) is 0 Å². The lowest BCUT2D eigenvalue weighted by molar-refractivity contribution is -0.724. The molecule has 0 atom stereocenters. The Balaban J connectivity index is 2.88. The average Bonchev–Trinajstić information content (AvgIpc) is 2.27. The standard InChI is InChI=1S/C7H7N3/c1-10-5-7-6(9-10)3-2-4-8-7/h2-5H,1H3/p+1. The summed E-state index contributed by atoms with van der Waals surface area (Å²) >= 11 is 0. The quantitative estimate of drug-likeness (QED) is 0.519. The minimum atomic E-state index is 1.00. The fourth-order valence-corrected chi connectivity index (χ4v) is 1.02. The summed E-state index contributed by atoms with van der Waals surface area (Å²) in [6.07, 6.45) is 3.74. The lowest BCUT2D eigenvalue weighted by Gasteiger charge is -1.78. The number of hydrogen-bond acceptors (Lipinski definition) is 1. The van der Waals surface area contributed by atoms with Gasteiger partial charge in [-0.25, -0.2) is 4.98 Å². The van der Waals surface area contributed by atoms with Gasteiger partial charge in [0, 0.05) is 6.20 Å². The van der Waals surface area contributed by atoms with E-state index >= 15 is 0 Å². The van der Waals surface area contributed by atoms with Crippen molar-refractivity contribution in [1.82, 2.24) is 10.1 Å². The Morgan fingerprint density at radius 3 is 3.30 bits per heavy atom. The predicted octanol–water partition coefficient (Wildman–Crippen LogP) is 0.387. The molecule has 2 aromatic rings. The molecule has 0 spiro atoms. The van der Waals surface area contributed by atoms with E-state index in [1.165, 1.54) is 0 Å². The monoisotopic (exact) mass is 134 g/mol. The molecule has 3 heteroatoms. The number of aryl methyl sites for hydroxylation is 1. The summed E-state index contributed by atoms with van der Waals surface area (Å²) in [7, 11) is 1.95. The van der Waals surface area contributed by atoms with Crippen molar-refractivity contribution < 1.29 is 4.68 Å². The summed E-state index contributed by atoms with van der Waals surface area (Å²) in [5, 5.41) is 3.11. The van der Waals surface area contributed by atoms with Gasteiger partial charge in [-0.3, -0.25) is 0 Å². The first-order valence-corrected chi connectivity index (χ1v) is 3.15. The molecule has 0 saturated carbocycles. The number of hydrogen-bond donors (Lipinski definition) is 1. The van der Waals surface area contributed by atoms with E-state index in [0.29, 0.717) is 0 Å². The number of rotatable bonds is 0. The molecule has 10 heavy (non-hydrogen) atoms. The van der Waals surface area contributed by atoms with Gasteiger partial charge in [-0.2, -0.15) is 5.10 Å². The molecule has 0 saturated heterocycles. The highest BCUT2D eigenvalue weighted by atomic mass is 15.2. The molecule has 2 heterocycles. The van der Waals surface area contributed by atoms with Crippen molar-refractivity contribution in [2.24, 2.45) is 7.05 Å². The van der Waals surface area contributed by atoms with Crippen molar-refractivity contribution in [2.75, 3.05) is 0 Å². The van der Waals surface area contributed by atoms with Crippen molar-refractivity contribution in [2.45, 2.75) is 0 Å². The molecule has 3 nitrogen and oxygen atoms in total. The van der Waals surface area contributed by atoms with Gasteiger partial charge in [-0.05, 0) is 12.1 Å². The molecule has 0 radical (unpaired) electrons. The number of fused-ring (bicyclic) bond motifs is 1. The van der Waals surface area contributed by atoms with Gasteiger partial charge in [0.1, 0.15) is 5.52 Å². The Bertz CT molecular complexity index is 317. The van der Waals surface area contributed by atoms with E-state index < -0.39 is 0 Å². The Hall–Kier alpha value is -1.38. The number of aromatic nitrogens is 3. The van der Waals surface area contributed by atoms with Crippen LogP contribution >= 0.6 is 0 Å². The van der Waals surface area contributed by atoms with Crippen LogP contribution in [0.2, 0.25) is 0 Å². The molecule has 0 amide bonds. The number of nitrogens with zero attached hydrogens (tertiary/aromatic N) is 2. The van der Waals surface area contributed by atoms with E-state index in [0.717, 1.165) is 11.0 Å². The summed E-state index contributed by atoms with van der Waals surface area (Å²) in [4.78, 5) is 4.15. The summed E-state index contributed by atoms with van der Waals surface area (Å²) in [6, 6.07) is 3.92. The van der Waals surface area contributed by atoms with Gasteiger partial charge < -0.3 is 0 Å². The third-order valence-electron chi connectivity index (χ3n) is 1.45. The van der Waals surface area contributed by atoms with Crippen LogP contribution in [0.15, 0.2) is 24.5 Å². The Morgan fingerprint density at radius 2 is 2.50 bits per heavy atom. The molecule has 1 N–H and O–H groups in total. The summed E-state index contributed by atoms with van der Waals surface area (Å²) in [5.41, 5.74) is 2.08. The van der Waals surface area contributed by atoms with E-state index in [4.69, 9.17) is 0 Å². The van der Waals surface area contributed by atoms with Crippen LogP contribution < -0.4 is 4.68 Å². The normalized spacial score (nSPS) is 10.5. The molecule has 0 unspecified atom stereocenters. The van der Waals surface area contributed by atoms with Gasteiger partial charge in [-0.15, -0.1) is 4.68 Å². The molecule has 2 aromatic heterocycles. The molecule has 50 valence electrons. The smallest absolute Gasteiger partial charge is 0.221 e. The van der Waals surface area contributed by atoms with Crippen LogP contribution in [0, 0.1) is 0 Å². The minimum Gasteiger partial charge on any atom is -0.248 e. The van der Waals surface area contributed by atoms with E-state index in [1.807, 2.05) is 30.1 Å². The molecule has 0 aliphatic heterocycles. The lowest BCUT2D eigenvalue weighted by atomic mass is 10.4. The average molecular weight is 134 g/mol. The van der Waals surface area contributed by atoms with Gasteiger partial charge in [0.2, 0.25) is 6.20 Å². The zero-order chi connectivity index (χ0) is 6.97. The molecule has 2 rings (SSSR count). The first kappa shape index (κ1) is 5.41. The second kappa shape index (κ2) is 1.80. The highest BCUT2D eigenvalue weighted by molar-refractivity contribution is 5.71. The summed E-state index contributed by atoms with van der Waals surface area (Å²) in [6.45, 7) is 0. The van der Waals surface area contributed by atoms with Crippen LogP contribution in [0.5, 0.6) is 0 Å². The van der Waals surface area contributed by atoms with E-state index in [9.17, 15) is 0 Å². The highest BCUT2D eigenvalue weighted by Gasteiger charge is 2.00. The Labute approximate surface area is 58.3 Å². The van der Waals surface area contributed by atoms with Crippen LogP contribution in [0.25, 0.3) is 11.0 Å². The fraction of sp³-hybridized carbons (Fsp3) is 0.143. The first-order chi connectivity index (χ1) is 4.86. The minimum absolute atomic E-state index is 1.00. The molecule has 0 bridgehead atoms. The SMILES string of the molecule is C[n+]1cc2ncccc2[nH]1. The first-order valence-electron chi connectivity index (χ1n) is 3.15. The second-order valence-corrected chi connectivity index (χ2v) is 2.29. The number of H-pyrrole nitrogens is 1. The lowest BCUT2D eigenvalue weighted by Crippen LogP contribution is -2.27. The largest absolute Gasteiger partial charge is 0.248 e. The van der Waals surface area contributed by atoms with Gasteiger partial charge in [0.15, 0.2) is 12.6 Å². The third kappa shape index (κ3) is 0.673.